The lowest BCUT2D eigenvalue weighted by Gasteiger charge is -2.28. The molecule has 0 N–H and O–H groups in total. The summed E-state index contributed by atoms with van der Waals surface area (Å²) in [5.74, 6) is 0.333. The third-order valence-electron chi connectivity index (χ3n) is 5.70. The van der Waals surface area contributed by atoms with E-state index in [4.69, 9.17) is 14.2 Å². The maximum Gasteiger partial charge on any atom is 0.294 e. The Morgan fingerprint density at radius 3 is 2.50 bits per heavy atom. The summed E-state index contributed by atoms with van der Waals surface area (Å²) < 4.78 is 17.7. The fourth-order valence-corrected chi connectivity index (χ4v) is 4.98. The van der Waals surface area contributed by atoms with Gasteiger partial charge in [0.2, 0.25) is 5.91 Å². The summed E-state index contributed by atoms with van der Waals surface area (Å²) >= 11 is 4.36. The predicted molar refractivity (Wildman–Crippen MR) is 141 cm³/mol. The number of rotatable bonds is 8. The van der Waals surface area contributed by atoms with E-state index in [-0.39, 0.29) is 17.4 Å². The first-order chi connectivity index (χ1) is 17.4. The lowest BCUT2D eigenvalue weighted by Crippen LogP contribution is -2.46. The Labute approximate surface area is 222 Å². The van der Waals surface area contributed by atoms with Crippen LogP contribution in [0.3, 0.4) is 0 Å². The molecule has 2 aliphatic rings. The van der Waals surface area contributed by atoms with Crippen molar-refractivity contribution in [2.45, 2.75) is 20.5 Å². The first kappa shape index (κ1) is 26.2. The summed E-state index contributed by atoms with van der Waals surface area (Å²) in [5.41, 5.74) is 2.87. The fraction of sp³-hybridized carbons (Fsp3) is 0.346. The third kappa shape index (κ3) is 6.29. The van der Waals surface area contributed by atoms with Gasteiger partial charge in [-0.2, -0.15) is 0 Å². The Morgan fingerprint density at radius 2 is 1.81 bits per heavy atom. The minimum absolute atomic E-state index is 0.242. The van der Waals surface area contributed by atoms with E-state index >= 15 is 0 Å². The van der Waals surface area contributed by atoms with Gasteiger partial charge >= 0.3 is 0 Å². The van der Waals surface area contributed by atoms with Crippen molar-refractivity contribution >= 4 is 50.8 Å². The molecule has 0 radical (unpaired) electrons. The Kier molecular flexibility index (Phi) is 8.71. The standard InChI is InChI=1S/C26H27BrN2O6S/c1-3-34-21-12-19(20(27)14-22(21)35-16-18-6-4-17(2)5-7-18)13-23-25(31)29(26(32)36-23)15-24(30)28-8-10-33-11-9-28/h4-7,12-14H,3,8-11,15-16H2,1-2H3/b23-13+. The number of carbonyl (C=O) groups excluding carboxylic acids is 3. The highest BCUT2D eigenvalue weighted by Gasteiger charge is 2.37. The van der Waals surface area contributed by atoms with Gasteiger partial charge in [0, 0.05) is 17.6 Å². The smallest absolute Gasteiger partial charge is 0.294 e. The van der Waals surface area contributed by atoms with Crippen molar-refractivity contribution in [1.29, 1.82) is 0 Å². The molecule has 0 aromatic heterocycles. The van der Waals surface area contributed by atoms with Gasteiger partial charge in [0.05, 0.1) is 24.7 Å². The number of thioether (sulfide) groups is 1. The molecule has 190 valence electrons. The van der Waals surface area contributed by atoms with E-state index < -0.39 is 11.1 Å². The Morgan fingerprint density at radius 1 is 1.11 bits per heavy atom. The average molecular weight is 575 g/mol. The van der Waals surface area contributed by atoms with Crippen LogP contribution in [0.5, 0.6) is 11.5 Å². The van der Waals surface area contributed by atoms with E-state index in [9.17, 15) is 14.4 Å². The number of morpholine rings is 1. The number of imide groups is 1. The van der Waals surface area contributed by atoms with Crippen molar-refractivity contribution in [1.82, 2.24) is 9.80 Å². The molecule has 0 saturated carbocycles. The van der Waals surface area contributed by atoms with Gasteiger partial charge in [0.1, 0.15) is 13.2 Å². The summed E-state index contributed by atoms with van der Waals surface area (Å²) in [6.07, 6.45) is 1.63. The molecular formula is C26H27BrN2O6S. The van der Waals surface area contributed by atoms with Crippen LogP contribution in [0, 0.1) is 6.92 Å². The van der Waals surface area contributed by atoms with Crippen LogP contribution < -0.4 is 9.47 Å². The molecule has 2 aliphatic heterocycles. The molecule has 0 bridgehead atoms. The zero-order valence-electron chi connectivity index (χ0n) is 20.1. The van der Waals surface area contributed by atoms with Crippen molar-refractivity contribution < 1.29 is 28.6 Å². The van der Waals surface area contributed by atoms with Crippen molar-refractivity contribution in [3.8, 4) is 11.5 Å². The van der Waals surface area contributed by atoms with Gasteiger partial charge in [0.25, 0.3) is 11.1 Å². The lowest BCUT2D eigenvalue weighted by molar-refractivity contribution is -0.139. The third-order valence-corrected chi connectivity index (χ3v) is 7.29. The van der Waals surface area contributed by atoms with Gasteiger partial charge in [-0.05, 0) is 54.9 Å². The minimum atomic E-state index is -0.490. The number of ether oxygens (including phenoxy) is 3. The van der Waals surface area contributed by atoms with Crippen molar-refractivity contribution in [3.05, 3.63) is 62.5 Å². The predicted octanol–water partition coefficient (Wildman–Crippen LogP) is 4.63. The van der Waals surface area contributed by atoms with Crippen molar-refractivity contribution in [2.24, 2.45) is 0 Å². The topological polar surface area (TPSA) is 85.4 Å². The van der Waals surface area contributed by atoms with Gasteiger partial charge < -0.3 is 19.1 Å². The molecular weight excluding hydrogens is 548 g/mol. The molecule has 0 aliphatic carbocycles. The quantitative estimate of drug-likeness (QED) is 0.425. The second-order valence-electron chi connectivity index (χ2n) is 8.29. The van der Waals surface area contributed by atoms with E-state index in [0.29, 0.717) is 61.1 Å². The van der Waals surface area contributed by atoms with Gasteiger partial charge in [-0.1, -0.05) is 45.8 Å². The molecule has 0 atom stereocenters. The van der Waals surface area contributed by atoms with Crippen LogP contribution in [0.15, 0.2) is 45.8 Å². The second kappa shape index (κ2) is 11.9. The highest BCUT2D eigenvalue weighted by atomic mass is 79.9. The molecule has 36 heavy (non-hydrogen) atoms. The zero-order chi connectivity index (χ0) is 25.7. The number of amides is 3. The van der Waals surface area contributed by atoms with Crippen LogP contribution >= 0.6 is 27.7 Å². The largest absolute Gasteiger partial charge is 0.490 e. The molecule has 0 spiro atoms. The monoisotopic (exact) mass is 574 g/mol. The SMILES string of the molecule is CCOc1cc(/C=C2/SC(=O)N(CC(=O)N3CCOCC3)C2=O)c(Br)cc1OCc1ccc(C)cc1. The van der Waals surface area contributed by atoms with E-state index in [2.05, 4.69) is 15.9 Å². The first-order valence-corrected chi connectivity index (χ1v) is 13.2. The molecule has 2 aromatic carbocycles. The van der Waals surface area contributed by atoms with E-state index in [1.807, 2.05) is 38.1 Å². The van der Waals surface area contributed by atoms with E-state index in [1.54, 1.807) is 23.1 Å². The van der Waals surface area contributed by atoms with Gasteiger partial charge in [-0.3, -0.25) is 19.3 Å². The van der Waals surface area contributed by atoms with Gasteiger partial charge in [0.15, 0.2) is 11.5 Å². The van der Waals surface area contributed by atoms with Crippen molar-refractivity contribution in [2.75, 3.05) is 39.5 Å². The summed E-state index contributed by atoms with van der Waals surface area (Å²) in [6, 6.07) is 11.6. The van der Waals surface area contributed by atoms with E-state index in [1.165, 1.54) is 5.56 Å². The summed E-state index contributed by atoms with van der Waals surface area (Å²) in [4.78, 5) is 40.9. The Balaban J connectivity index is 1.50. The van der Waals surface area contributed by atoms with Gasteiger partial charge in [-0.25, -0.2) is 0 Å². The molecule has 0 unspecified atom stereocenters. The lowest BCUT2D eigenvalue weighted by atomic mass is 10.1. The number of carbonyl (C=O) groups is 3. The molecule has 3 amide bonds. The van der Waals surface area contributed by atoms with Crippen LogP contribution in [0.25, 0.3) is 6.08 Å². The molecule has 8 nitrogen and oxygen atoms in total. The number of benzene rings is 2. The summed E-state index contributed by atoms with van der Waals surface area (Å²) in [6.45, 7) is 6.26. The van der Waals surface area contributed by atoms with Crippen LogP contribution in [-0.4, -0.2) is 66.3 Å². The Hall–Kier alpha value is -2.82. The number of hydrogen-bond donors (Lipinski definition) is 0. The second-order valence-corrected chi connectivity index (χ2v) is 10.1. The van der Waals surface area contributed by atoms with E-state index in [0.717, 1.165) is 22.2 Å². The molecule has 2 aromatic rings. The van der Waals surface area contributed by atoms with Crippen molar-refractivity contribution in [3.63, 3.8) is 0 Å². The molecule has 2 heterocycles. The fourth-order valence-electron chi connectivity index (χ4n) is 3.71. The summed E-state index contributed by atoms with van der Waals surface area (Å²) in [5, 5.41) is -0.466. The zero-order valence-corrected chi connectivity index (χ0v) is 22.5. The Bertz CT molecular complexity index is 1180. The summed E-state index contributed by atoms with van der Waals surface area (Å²) in [7, 11) is 0. The first-order valence-electron chi connectivity index (χ1n) is 11.6. The van der Waals surface area contributed by atoms with Gasteiger partial charge in [-0.15, -0.1) is 0 Å². The number of nitrogens with zero attached hydrogens (tertiary/aromatic N) is 2. The highest BCUT2D eigenvalue weighted by Crippen LogP contribution is 2.38. The molecule has 10 heteroatoms. The van der Waals surface area contributed by atoms with Crippen LogP contribution in [-0.2, 0) is 20.9 Å². The van der Waals surface area contributed by atoms with Crippen LogP contribution in [0.1, 0.15) is 23.6 Å². The molecule has 2 fully saturated rings. The number of halogens is 1. The molecule has 4 rings (SSSR count). The average Bonchev–Trinajstić information content (AvgIpc) is 3.13. The maximum atomic E-state index is 13.0. The molecule has 2 saturated heterocycles. The maximum absolute atomic E-state index is 13.0. The van der Waals surface area contributed by atoms with Crippen LogP contribution in [0.2, 0.25) is 0 Å². The number of hydrogen-bond acceptors (Lipinski definition) is 7. The van der Waals surface area contributed by atoms with Crippen LogP contribution in [0.4, 0.5) is 4.79 Å². The normalized spacial score (nSPS) is 17.1. The number of aryl methyl sites for hydroxylation is 1. The highest BCUT2D eigenvalue weighted by molar-refractivity contribution is 9.10. The minimum Gasteiger partial charge on any atom is -0.490 e.